The van der Waals surface area contributed by atoms with Crippen molar-refractivity contribution in [2.24, 2.45) is 0 Å². The van der Waals surface area contributed by atoms with Crippen LogP contribution in [0, 0.1) is 0 Å². The van der Waals surface area contributed by atoms with Gasteiger partial charge in [-0.1, -0.05) is 72.8 Å². The molecule has 2 aliphatic heterocycles. The van der Waals surface area contributed by atoms with Gasteiger partial charge in [-0.15, -0.1) is 0 Å². The van der Waals surface area contributed by atoms with E-state index in [9.17, 15) is 19.2 Å². The van der Waals surface area contributed by atoms with Gasteiger partial charge in [0.25, 0.3) is 5.91 Å². The highest BCUT2D eigenvalue weighted by Crippen LogP contribution is 2.33. The van der Waals surface area contributed by atoms with Gasteiger partial charge in [-0.3, -0.25) is 19.3 Å². The molecular weight excluding hydrogens is 442 g/mol. The van der Waals surface area contributed by atoms with Gasteiger partial charge in [-0.2, -0.15) is 0 Å². The van der Waals surface area contributed by atoms with E-state index in [1.54, 1.807) is 29.2 Å². The average Bonchev–Trinajstić information content (AvgIpc) is 3.42. The molecule has 2 saturated heterocycles. The van der Waals surface area contributed by atoms with Crippen LogP contribution < -0.4 is 10.2 Å². The maximum atomic E-state index is 13.8. The van der Waals surface area contributed by atoms with Crippen LogP contribution in [-0.4, -0.2) is 41.6 Å². The number of amides is 4. The molecule has 0 saturated carbocycles. The summed E-state index contributed by atoms with van der Waals surface area (Å²) in [5.74, 6) is -0.806. The van der Waals surface area contributed by atoms with Crippen molar-refractivity contribution in [3.63, 3.8) is 0 Å². The molecule has 1 N–H and O–H groups in total. The molecule has 4 amide bonds. The van der Waals surface area contributed by atoms with E-state index in [0.717, 1.165) is 16.9 Å². The van der Waals surface area contributed by atoms with E-state index in [-0.39, 0.29) is 24.7 Å². The first kappa shape index (κ1) is 22.5. The van der Waals surface area contributed by atoms with Crippen LogP contribution in [0.1, 0.15) is 34.3 Å². The number of hydrogen-bond acceptors (Lipinski definition) is 4. The second-order valence-electron chi connectivity index (χ2n) is 8.88. The molecule has 2 aliphatic rings. The third-order valence-corrected chi connectivity index (χ3v) is 6.61. The van der Waals surface area contributed by atoms with E-state index in [2.05, 4.69) is 5.32 Å². The largest absolute Gasteiger partial charge is 0.325 e. The lowest BCUT2D eigenvalue weighted by atomic mass is 9.83. The molecule has 7 heteroatoms. The zero-order valence-corrected chi connectivity index (χ0v) is 19.1. The minimum Gasteiger partial charge on any atom is -0.319 e. The zero-order valence-electron chi connectivity index (χ0n) is 19.1. The monoisotopic (exact) mass is 467 g/mol. The fourth-order valence-electron chi connectivity index (χ4n) is 4.82. The van der Waals surface area contributed by atoms with Crippen LogP contribution in [0.3, 0.4) is 0 Å². The van der Waals surface area contributed by atoms with Gasteiger partial charge in [0.1, 0.15) is 0 Å². The maximum absolute atomic E-state index is 13.8. The Hall–Kier alpha value is -4.26. The van der Waals surface area contributed by atoms with Gasteiger partial charge >= 0.3 is 6.03 Å². The Morgan fingerprint density at radius 2 is 1.60 bits per heavy atom. The summed E-state index contributed by atoms with van der Waals surface area (Å²) in [5.41, 5.74) is 1.25. The van der Waals surface area contributed by atoms with E-state index in [1.807, 2.05) is 60.7 Å². The van der Waals surface area contributed by atoms with Gasteiger partial charge in [-0.25, -0.2) is 4.79 Å². The lowest BCUT2D eigenvalue weighted by molar-refractivity contribution is -0.131. The van der Waals surface area contributed by atoms with Crippen molar-refractivity contribution in [2.45, 2.75) is 24.8 Å². The topological polar surface area (TPSA) is 86.8 Å². The normalized spacial score (nSPS) is 19.8. The van der Waals surface area contributed by atoms with Crippen molar-refractivity contribution in [2.75, 3.05) is 18.0 Å². The van der Waals surface area contributed by atoms with E-state index >= 15 is 0 Å². The molecule has 0 spiro atoms. The number of nitrogens with one attached hydrogen (secondary N) is 1. The quantitative estimate of drug-likeness (QED) is 0.424. The molecule has 176 valence electrons. The highest BCUT2D eigenvalue weighted by molar-refractivity contribution is 6.12. The minimum absolute atomic E-state index is 0.0252. The summed E-state index contributed by atoms with van der Waals surface area (Å²) in [6.07, 6.45) is 1.53. The highest BCUT2D eigenvalue weighted by Gasteiger charge is 2.52. The standard InChI is InChI=1S/C28H25N3O4/c32-24(21-11-7-14-23(17-21)30-16-8-15-25(30)33)19-31-26(34)28(29-27(31)35,22-12-5-2-6-13-22)18-20-9-3-1-4-10-20/h1-7,9-14,17H,8,15-16,18-19H2,(H,29,35)/t28-/m0/s1. The summed E-state index contributed by atoms with van der Waals surface area (Å²) < 4.78 is 0. The third kappa shape index (κ3) is 4.21. The van der Waals surface area contributed by atoms with Crippen LogP contribution in [-0.2, 0) is 21.5 Å². The molecule has 5 rings (SSSR count). The van der Waals surface area contributed by atoms with Crippen molar-refractivity contribution in [1.29, 1.82) is 0 Å². The number of benzene rings is 3. The molecule has 0 bridgehead atoms. The third-order valence-electron chi connectivity index (χ3n) is 6.61. The number of urea groups is 1. The van der Waals surface area contributed by atoms with Crippen LogP contribution >= 0.6 is 0 Å². The summed E-state index contributed by atoms with van der Waals surface area (Å²) in [6, 6.07) is 24.8. The molecule has 1 atom stereocenters. The van der Waals surface area contributed by atoms with Gasteiger partial charge in [-0.05, 0) is 29.7 Å². The lowest BCUT2D eigenvalue weighted by Crippen LogP contribution is -2.46. The maximum Gasteiger partial charge on any atom is 0.325 e. The van der Waals surface area contributed by atoms with Crippen molar-refractivity contribution in [3.05, 3.63) is 102 Å². The first-order valence-corrected chi connectivity index (χ1v) is 11.7. The summed E-state index contributed by atoms with van der Waals surface area (Å²) in [4.78, 5) is 54.7. The summed E-state index contributed by atoms with van der Waals surface area (Å²) in [6.45, 7) is 0.230. The molecule has 0 aliphatic carbocycles. The fourth-order valence-corrected chi connectivity index (χ4v) is 4.82. The Labute approximate surface area is 203 Å². The second-order valence-corrected chi connectivity index (χ2v) is 8.88. The van der Waals surface area contributed by atoms with Gasteiger partial charge in [0.2, 0.25) is 5.91 Å². The van der Waals surface area contributed by atoms with E-state index < -0.39 is 17.5 Å². The van der Waals surface area contributed by atoms with Crippen LogP contribution in [0.4, 0.5) is 10.5 Å². The molecule has 0 radical (unpaired) electrons. The van der Waals surface area contributed by atoms with Gasteiger partial charge in [0, 0.05) is 30.6 Å². The van der Waals surface area contributed by atoms with Crippen LogP contribution in [0.2, 0.25) is 0 Å². The number of anilines is 1. The predicted molar refractivity (Wildman–Crippen MR) is 131 cm³/mol. The van der Waals surface area contributed by atoms with Crippen molar-refractivity contribution < 1.29 is 19.2 Å². The molecule has 3 aromatic rings. The Balaban J connectivity index is 1.42. The summed E-state index contributed by atoms with van der Waals surface area (Å²) >= 11 is 0. The van der Waals surface area contributed by atoms with E-state index in [4.69, 9.17) is 0 Å². The Morgan fingerprint density at radius 1 is 0.886 bits per heavy atom. The number of ketones is 1. The smallest absolute Gasteiger partial charge is 0.319 e. The second kappa shape index (κ2) is 9.18. The van der Waals surface area contributed by atoms with Crippen LogP contribution in [0.15, 0.2) is 84.9 Å². The molecule has 35 heavy (non-hydrogen) atoms. The average molecular weight is 468 g/mol. The van der Waals surface area contributed by atoms with Gasteiger partial charge in [0.05, 0.1) is 6.54 Å². The molecule has 3 aromatic carbocycles. The first-order valence-electron chi connectivity index (χ1n) is 11.7. The van der Waals surface area contributed by atoms with E-state index in [0.29, 0.717) is 29.8 Å². The predicted octanol–water partition coefficient (Wildman–Crippen LogP) is 3.69. The number of imide groups is 1. The number of Topliss-reactive ketones (excluding diaryl/α,β-unsaturated/α-hetero) is 1. The first-order chi connectivity index (χ1) is 17.0. The number of carbonyl (C=O) groups excluding carboxylic acids is 4. The molecule has 2 fully saturated rings. The molecule has 0 aromatic heterocycles. The Morgan fingerprint density at radius 3 is 2.29 bits per heavy atom. The van der Waals surface area contributed by atoms with Crippen molar-refractivity contribution in [1.82, 2.24) is 10.2 Å². The Bertz CT molecular complexity index is 1290. The molecule has 0 unspecified atom stereocenters. The summed E-state index contributed by atoms with van der Waals surface area (Å²) in [7, 11) is 0. The van der Waals surface area contributed by atoms with E-state index in [1.165, 1.54) is 0 Å². The van der Waals surface area contributed by atoms with Crippen LogP contribution in [0.25, 0.3) is 0 Å². The minimum atomic E-state index is -1.30. The number of rotatable bonds is 7. The number of nitrogens with zero attached hydrogens (tertiary/aromatic N) is 2. The zero-order chi connectivity index (χ0) is 24.4. The fraction of sp³-hybridized carbons (Fsp3) is 0.214. The van der Waals surface area contributed by atoms with Crippen molar-refractivity contribution >= 4 is 29.3 Å². The van der Waals surface area contributed by atoms with Crippen molar-refractivity contribution in [3.8, 4) is 0 Å². The Kier molecular flexibility index (Phi) is 5.91. The molecule has 2 heterocycles. The summed E-state index contributed by atoms with van der Waals surface area (Å²) in [5, 5.41) is 2.88. The highest BCUT2D eigenvalue weighted by atomic mass is 16.2. The number of hydrogen-bond donors (Lipinski definition) is 1. The molecule has 7 nitrogen and oxygen atoms in total. The van der Waals surface area contributed by atoms with Gasteiger partial charge in [0.15, 0.2) is 11.3 Å². The lowest BCUT2D eigenvalue weighted by Gasteiger charge is -2.27. The number of carbonyl (C=O) groups is 4. The van der Waals surface area contributed by atoms with Gasteiger partial charge < -0.3 is 10.2 Å². The molecular formula is C28H25N3O4. The van der Waals surface area contributed by atoms with Crippen LogP contribution in [0.5, 0.6) is 0 Å². The SMILES string of the molecule is O=C(CN1C(=O)N[C@@](Cc2ccccc2)(c2ccccc2)C1=O)c1cccc(N2CCCC2=O)c1.